The van der Waals surface area contributed by atoms with E-state index in [0.29, 0.717) is 6.42 Å². The zero-order valence-electron chi connectivity index (χ0n) is 11.2. The Morgan fingerprint density at radius 3 is 2.39 bits per heavy atom. The average molecular weight is 245 g/mol. The van der Waals surface area contributed by atoms with Crippen LogP contribution in [-0.4, -0.2) is 5.91 Å². The van der Waals surface area contributed by atoms with E-state index in [1.807, 2.05) is 0 Å². The first-order valence-electron chi connectivity index (χ1n) is 7.05. The van der Waals surface area contributed by atoms with Crippen molar-refractivity contribution in [2.75, 3.05) is 0 Å². The molecular formula is C16H23NO. The number of nitrogens with two attached hydrogens (primary N) is 1. The van der Waals surface area contributed by atoms with Crippen LogP contribution in [0.3, 0.4) is 0 Å². The number of rotatable bonds is 4. The lowest BCUT2D eigenvalue weighted by Crippen LogP contribution is -2.13. The molecule has 1 unspecified atom stereocenters. The van der Waals surface area contributed by atoms with Crippen molar-refractivity contribution in [3.8, 4) is 0 Å². The number of carbonyl (C=O) groups excluding carboxylic acids is 1. The summed E-state index contributed by atoms with van der Waals surface area (Å²) in [6, 6.07) is 8.81. The summed E-state index contributed by atoms with van der Waals surface area (Å²) in [4.78, 5) is 10.9. The predicted octanol–water partition coefficient (Wildman–Crippen LogP) is 3.71. The van der Waals surface area contributed by atoms with Gasteiger partial charge in [-0.2, -0.15) is 0 Å². The van der Waals surface area contributed by atoms with Crippen molar-refractivity contribution >= 4 is 5.91 Å². The molecule has 0 aromatic heterocycles. The third-order valence-corrected chi connectivity index (χ3v) is 4.09. The highest BCUT2D eigenvalue weighted by atomic mass is 16.1. The van der Waals surface area contributed by atoms with Gasteiger partial charge in [-0.25, -0.2) is 0 Å². The van der Waals surface area contributed by atoms with Crippen LogP contribution in [-0.2, 0) is 4.79 Å². The van der Waals surface area contributed by atoms with Crippen LogP contribution >= 0.6 is 0 Å². The van der Waals surface area contributed by atoms with Crippen molar-refractivity contribution in [2.45, 2.75) is 57.3 Å². The Hall–Kier alpha value is -1.31. The van der Waals surface area contributed by atoms with E-state index in [1.54, 1.807) is 0 Å². The van der Waals surface area contributed by atoms with E-state index in [4.69, 9.17) is 5.73 Å². The number of primary amides is 1. The van der Waals surface area contributed by atoms with Crippen LogP contribution in [0.25, 0.3) is 0 Å². The van der Waals surface area contributed by atoms with E-state index in [0.717, 1.165) is 5.92 Å². The Bertz CT molecular complexity index is 390. The largest absolute Gasteiger partial charge is 0.370 e. The molecule has 2 nitrogen and oxygen atoms in total. The summed E-state index contributed by atoms with van der Waals surface area (Å²) in [6.45, 7) is 2.06. The van der Waals surface area contributed by atoms with Crippen LogP contribution in [0, 0.1) is 0 Å². The van der Waals surface area contributed by atoms with E-state index in [9.17, 15) is 4.79 Å². The maximum atomic E-state index is 10.9. The summed E-state index contributed by atoms with van der Waals surface area (Å²) >= 11 is 0. The van der Waals surface area contributed by atoms with Crippen LogP contribution in [0.1, 0.15) is 68.4 Å². The van der Waals surface area contributed by atoms with Gasteiger partial charge in [0, 0.05) is 6.42 Å². The zero-order chi connectivity index (χ0) is 13.0. The molecule has 0 heterocycles. The van der Waals surface area contributed by atoms with E-state index in [2.05, 4.69) is 31.2 Å². The van der Waals surface area contributed by atoms with Crippen LogP contribution in [0.15, 0.2) is 24.3 Å². The van der Waals surface area contributed by atoms with Crippen molar-refractivity contribution in [3.63, 3.8) is 0 Å². The third-order valence-electron chi connectivity index (χ3n) is 4.09. The molecule has 2 rings (SSSR count). The molecule has 1 aromatic carbocycles. The summed E-state index contributed by atoms with van der Waals surface area (Å²) in [5.74, 6) is 0.751. The maximum Gasteiger partial charge on any atom is 0.218 e. The summed E-state index contributed by atoms with van der Waals surface area (Å²) in [6.07, 6.45) is 7.22. The standard InChI is InChI=1S/C16H23NO/c1-12(11-16(17)18)13-7-9-15(10-8-13)14-5-3-2-4-6-14/h7-10,12,14H,2-6,11H2,1H3,(H2,17,18). The Morgan fingerprint density at radius 2 is 1.83 bits per heavy atom. The van der Waals surface area contributed by atoms with Crippen LogP contribution < -0.4 is 5.73 Å². The first-order chi connectivity index (χ1) is 8.66. The molecule has 0 aliphatic heterocycles. The molecule has 1 atom stereocenters. The molecular weight excluding hydrogens is 222 g/mol. The van der Waals surface area contributed by atoms with Gasteiger partial charge in [0.05, 0.1) is 0 Å². The second-order valence-electron chi connectivity index (χ2n) is 5.57. The fourth-order valence-corrected chi connectivity index (χ4v) is 2.95. The second-order valence-corrected chi connectivity index (χ2v) is 5.57. The smallest absolute Gasteiger partial charge is 0.218 e. The molecule has 1 amide bonds. The number of amides is 1. The molecule has 1 aliphatic carbocycles. The van der Waals surface area contributed by atoms with E-state index in [1.165, 1.54) is 43.2 Å². The van der Waals surface area contributed by atoms with Gasteiger partial charge < -0.3 is 5.73 Å². The zero-order valence-corrected chi connectivity index (χ0v) is 11.2. The molecule has 1 aromatic rings. The van der Waals surface area contributed by atoms with E-state index >= 15 is 0 Å². The molecule has 2 N–H and O–H groups in total. The van der Waals surface area contributed by atoms with Crippen molar-refractivity contribution in [3.05, 3.63) is 35.4 Å². The molecule has 2 heteroatoms. The van der Waals surface area contributed by atoms with Gasteiger partial charge >= 0.3 is 0 Å². The molecule has 0 radical (unpaired) electrons. The Kier molecular flexibility index (Phi) is 4.40. The van der Waals surface area contributed by atoms with Gasteiger partial charge in [-0.3, -0.25) is 4.79 Å². The van der Waals surface area contributed by atoms with Crippen LogP contribution in [0.4, 0.5) is 0 Å². The minimum absolute atomic E-state index is 0.223. The van der Waals surface area contributed by atoms with Crippen LogP contribution in [0.5, 0.6) is 0 Å². The third kappa shape index (κ3) is 3.34. The number of hydrogen-bond donors (Lipinski definition) is 1. The van der Waals surface area contributed by atoms with Gasteiger partial charge in [-0.05, 0) is 35.8 Å². The highest BCUT2D eigenvalue weighted by molar-refractivity contribution is 5.74. The first kappa shape index (κ1) is 13.1. The van der Waals surface area contributed by atoms with Crippen LogP contribution in [0.2, 0.25) is 0 Å². The van der Waals surface area contributed by atoms with Crippen molar-refractivity contribution < 1.29 is 4.79 Å². The summed E-state index contributed by atoms with van der Waals surface area (Å²) < 4.78 is 0. The Morgan fingerprint density at radius 1 is 1.22 bits per heavy atom. The lowest BCUT2D eigenvalue weighted by atomic mass is 9.83. The lowest BCUT2D eigenvalue weighted by Gasteiger charge is -2.22. The Labute approximate surface area is 110 Å². The van der Waals surface area contributed by atoms with Gasteiger partial charge in [0.2, 0.25) is 5.91 Å². The highest BCUT2D eigenvalue weighted by Crippen LogP contribution is 2.33. The fraction of sp³-hybridized carbons (Fsp3) is 0.562. The van der Waals surface area contributed by atoms with E-state index in [-0.39, 0.29) is 11.8 Å². The second kappa shape index (κ2) is 6.03. The SMILES string of the molecule is CC(CC(N)=O)c1ccc(C2CCCCC2)cc1. The summed E-state index contributed by atoms with van der Waals surface area (Å²) in [5, 5.41) is 0. The molecule has 1 saturated carbocycles. The lowest BCUT2D eigenvalue weighted by molar-refractivity contribution is -0.118. The van der Waals surface area contributed by atoms with Gasteiger partial charge in [-0.15, -0.1) is 0 Å². The topological polar surface area (TPSA) is 43.1 Å². The average Bonchev–Trinajstić information content (AvgIpc) is 2.39. The normalized spacial score (nSPS) is 18.5. The van der Waals surface area contributed by atoms with Crippen molar-refractivity contribution in [1.29, 1.82) is 0 Å². The number of benzene rings is 1. The molecule has 18 heavy (non-hydrogen) atoms. The van der Waals surface area contributed by atoms with Crippen molar-refractivity contribution in [2.24, 2.45) is 5.73 Å². The predicted molar refractivity (Wildman–Crippen MR) is 74.5 cm³/mol. The van der Waals surface area contributed by atoms with Gasteiger partial charge in [-0.1, -0.05) is 50.5 Å². The fourth-order valence-electron chi connectivity index (χ4n) is 2.95. The molecule has 98 valence electrons. The molecule has 1 fully saturated rings. The van der Waals surface area contributed by atoms with Gasteiger partial charge in [0.15, 0.2) is 0 Å². The number of hydrogen-bond acceptors (Lipinski definition) is 1. The summed E-state index contributed by atoms with van der Waals surface area (Å²) in [5.41, 5.74) is 7.92. The molecule has 0 saturated heterocycles. The minimum Gasteiger partial charge on any atom is -0.370 e. The number of carbonyl (C=O) groups is 1. The minimum atomic E-state index is -0.223. The molecule has 0 spiro atoms. The van der Waals surface area contributed by atoms with Gasteiger partial charge in [0.1, 0.15) is 0 Å². The van der Waals surface area contributed by atoms with Crippen molar-refractivity contribution in [1.82, 2.24) is 0 Å². The molecule has 0 bridgehead atoms. The molecule has 1 aliphatic rings. The van der Waals surface area contributed by atoms with E-state index < -0.39 is 0 Å². The quantitative estimate of drug-likeness (QED) is 0.863. The maximum absolute atomic E-state index is 10.9. The Balaban J connectivity index is 2.02. The van der Waals surface area contributed by atoms with Gasteiger partial charge in [0.25, 0.3) is 0 Å². The highest BCUT2D eigenvalue weighted by Gasteiger charge is 2.16. The summed E-state index contributed by atoms with van der Waals surface area (Å²) in [7, 11) is 0. The first-order valence-corrected chi connectivity index (χ1v) is 7.05. The monoisotopic (exact) mass is 245 g/mol.